The van der Waals surface area contributed by atoms with E-state index in [-0.39, 0.29) is 11.7 Å². The second kappa shape index (κ2) is 3.98. The summed E-state index contributed by atoms with van der Waals surface area (Å²) in [5.41, 5.74) is 0. The molecular formula is C11H10FNOS. The van der Waals surface area contributed by atoms with Crippen LogP contribution in [0.15, 0.2) is 24.3 Å². The van der Waals surface area contributed by atoms with E-state index >= 15 is 0 Å². The third-order valence-electron chi connectivity index (χ3n) is 2.04. The van der Waals surface area contributed by atoms with Gasteiger partial charge in [0.25, 0.3) is 0 Å². The molecule has 2 rings (SSSR count). The first kappa shape index (κ1) is 10.1. The summed E-state index contributed by atoms with van der Waals surface area (Å²) in [5, 5.41) is 3.60. The van der Waals surface area contributed by atoms with E-state index in [4.69, 9.17) is 0 Å². The molecule has 1 heterocycles. The van der Waals surface area contributed by atoms with E-state index in [0.717, 1.165) is 15.0 Å². The van der Waals surface area contributed by atoms with Crippen molar-refractivity contribution in [2.75, 3.05) is 0 Å². The van der Waals surface area contributed by atoms with Gasteiger partial charge in [-0.2, -0.15) is 0 Å². The van der Waals surface area contributed by atoms with Gasteiger partial charge < -0.3 is 5.32 Å². The molecule has 0 aliphatic carbocycles. The highest BCUT2D eigenvalue weighted by Crippen LogP contribution is 2.25. The summed E-state index contributed by atoms with van der Waals surface area (Å²) in [6.45, 7) is 1.99. The van der Waals surface area contributed by atoms with Gasteiger partial charge in [-0.3, -0.25) is 4.79 Å². The Bertz CT molecular complexity index is 506. The summed E-state index contributed by atoms with van der Waals surface area (Å²) in [6, 6.07) is 6.61. The lowest BCUT2D eigenvalue weighted by molar-refractivity contribution is -0.119. The molecule has 0 aliphatic rings. The van der Waals surface area contributed by atoms with Crippen LogP contribution < -0.4 is 5.32 Å². The lowest BCUT2D eigenvalue weighted by atomic mass is 10.2. The average molecular weight is 223 g/mol. The maximum Gasteiger partial charge on any atom is 0.217 e. The Balaban J connectivity index is 2.27. The molecule has 0 saturated carbocycles. The van der Waals surface area contributed by atoms with Crippen LogP contribution in [0.1, 0.15) is 11.8 Å². The largest absolute Gasteiger partial charge is 0.351 e. The quantitative estimate of drug-likeness (QED) is 0.833. The van der Waals surface area contributed by atoms with E-state index in [1.54, 1.807) is 17.4 Å². The number of rotatable bonds is 2. The van der Waals surface area contributed by atoms with Crippen LogP contribution in [0.5, 0.6) is 0 Å². The second-order valence-corrected chi connectivity index (χ2v) is 4.47. The molecule has 0 fully saturated rings. The van der Waals surface area contributed by atoms with E-state index < -0.39 is 0 Å². The lowest BCUT2D eigenvalue weighted by Gasteiger charge is -1.96. The third-order valence-corrected chi connectivity index (χ3v) is 3.16. The van der Waals surface area contributed by atoms with Crippen LogP contribution in [0, 0.1) is 5.82 Å². The summed E-state index contributed by atoms with van der Waals surface area (Å²) in [5.74, 6) is -0.287. The van der Waals surface area contributed by atoms with E-state index in [0.29, 0.717) is 6.54 Å². The molecule has 1 aromatic heterocycles. The van der Waals surface area contributed by atoms with Crippen LogP contribution in [-0.2, 0) is 11.3 Å². The molecule has 0 aliphatic heterocycles. The van der Waals surface area contributed by atoms with Gasteiger partial charge in [-0.1, -0.05) is 0 Å². The predicted octanol–water partition coefficient (Wildman–Crippen LogP) is 2.68. The van der Waals surface area contributed by atoms with Crippen molar-refractivity contribution in [3.05, 3.63) is 35.0 Å². The second-order valence-electron chi connectivity index (χ2n) is 3.30. The smallest absolute Gasteiger partial charge is 0.217 e. The van der Waals surface area contributed by atoms with E-state index in [1.807, 2.05) is 6.07 Å². The number of thiophene rings is 1. The van der Waals surface area contributed by atoms with Gasteiger partial charge in [0.15, 0.2) is 0 Å². The Kier molecular flexibility index (Phi) is 2.68. The maximum atomic E-state index is 12.9. The van der Waals surface area contributed by atoms with Crippen LogP contribution in [0.4, 0.5) is 4.39 Å². The van der Waals surface area contributed by atoms with Crippen LogP contribution in [0.25, 0.3) is 10.1 Å². The fraction of sp³-hybridized carbons (Fsp3) is 0.182. The normalized spacial score (nSPS) is 10.5. The van der Waals surface area contributed by atoms with Gasteiger partial charge in [0.2, 0.25) is 5.91 Å². The van der Waals surface area contributed by atoms with Gasteiger partial charge in [-0.15, -0.1) is 11.3 Å². The van der Waals surface area contributed by atoms with Gasteiger partial charge in [0.1, 0.15) is 5.82 Å². The number of hydrogen-bond acceptors (Lipinski definition) is 2. The van der Waals surface area contributed by atoms with Gasteiger partial charge in [-0.25, -0.2) is 4.39 Å². The molecule has 0 atom stereocenters. The minimum atomic E-state index is -0.230. The number of fused-ring (bicyclic) bond motifs is 1. The zero-order chi connectivity index (χ0) is 10.8. The molecule has 4 heteroatoms. The van der Waals surface area contributed by atoms with Crippen LogP contribution in [0.3, 0.4) is 0 Å². The Labute approximate surface area is 90.7 Å². The Morgan fingerprint density at radius 1 is 1.47 bits per heavy atom. The standard InChI is InChI=1S/C11H10FNOS/c1-7(14)13-6-10-5-8-4-9(12)2-3-11(8)15-10/h2-5H,6H2,1H3,(H,13,14). The highest BCUT2D eigenvalue weighted by Gasteiger charge is 2.03. The maximum absolute atomic E-state index is 12.9. The first-order valence-corrected chi connectivity index (χ1v) is 5.39. The zero-order valence-electron chi connectivity index (χ0n) is 8.21. The molecule has 15 heavy (non-hydrogen) atoms. The van der Waals surface area contributed by atoms with E-state index in [2.05, 4.69) is 5.32 Å². The molecule has 1 N–H and O–H groups in total. The number of benzene rings is 1. The Hall–Kier alpha value is -1.42. The molecule has 2 aromatic rings. The number of halogens is 1. The summed E-state index contributed by atoms with van der Waals surface area (Å²) in [7, 11) is 0. The summed E-state index contributed by atoms with van der Waals surface area (Å²) in [4.78, 5) is 11.8. The first-order chi connectivity index (χ1) is 7.15. The van der Waals surface area contributed by atoms with Crippen molar-refractivity contribution in [1.82, 2.24) is 5.32 Å². The fourth-order valence-electron chi connectivity index (χ4n) is 1.37. The van der Waals surface area contributed by atoms with Crippen LogP contribution >= 0.6 is 11.3 Å². The van der Waals surface area contributed by atoms with E-state index in [9.17, 15) is 9.18 Å². The Morgan fingerprint density at radius 3 is 3.00 bits per heavy atom. The fourth-order valence-corrected chi connectivity index (χ4v) is 2.35. The number of carbonyl (C=O) groups is 1. The summed E-state index contributed by atoms with van der Waals surface area (Å²) in [6.07, 6.45) is 0. The third kappa shape index (κ3) is 2.33. The molecule has 1 amide bonds. The molecule has 2 nitrogen and oxygen atoms in total. The topological polar surface area (TPSA) is 29.1 Å². The van der Waals surface area contributed by atoms with Crippen molar-refractivity contribution < 1.29 is 9.18 Å². The molecular weight excluding hydrogens is 213 g/mol. The van der Waals surface area contributed by atoms with Crippen molar-refractivity contribution in [2.24, 2.45) is 0 Å². The number of amides is 1. The van der Waals surface area contributed by atoms with Crippen molar-refractivity contribution in [1.29, 1.82) is 0 Å². The van der Waals surface area contributed by atoms with Gasteiger partial charge >= 0.3 is 0 Å². The SMILES string of the molecule is CC(=O)NCc1cc2cc(F)ccc2s1. The zero-order valence-corrected chi connectivity index (χ0v) is 9.03. The van der Waals surface area contributed by atoms with Crippen molar-refractivity contribution >= 4 is 27.3 Å². The van der Waals surface area contributed by atoms with Gasteiger partial charge in [-0.05, 0) is 29.7 Å². The van der Waals surface area contributed by atoms with Gasteiger partial charge in [0.05, 0.1) is 6.54 Å². The average Bonchev–Trinajstić information content (AvgIpc) is 2.56. The molecule has 1 aromatic carbocycles. The molecule has 0 spiro atoms. The van der Waals surface area contributed by atoms with Crippen LogP contribution in [-0.4, -0.2) is 5.91 Å². The Morgan fingerprint density at radius 2 is 2.27 bits per heavy atom. The molecule has 0 radical (unpaired) electrons. The van der Waals surface area contributed by atoms with E-state index in [1.165, 1.54) is 19.1 Å². The first-order valence-electron chi connectivity index (χ1n) is 4.57. The molecule has 0 unspecified atom stereocenters. The number of carbonyl (C=O) groups excluding carboxylic acids is 1. The summed E-state index contributed by atoms with van der Waals surface area (Å²) >= 11 is 1.57. The molecule has 0 saturated heterocycles. The monoisotopic (exact) mass is 223 g/mol. The highest BCUT2D eigenvalue weighted by atomic mass is 32.1. The molecule has 0 bridgehead atoms. The number of hydrogen-bond donors (Lipinski definition) is 1. The van der Waals surface area contributed by atoms with Crippen molar-refractivity contribution in [3.63, 3.8) is 0 Å². The minimum Gasteiger partial charge on any atom is -0.351 e. The predicted molar refractivity (Wildman–Crippen MR) is 59.3 cm³/mol. The van der Waals surface area contributed by atoms with Crippen molar-refractivity contribution in [2.45, 2.75) is 13.5 Å². The van der Waals surface area contributed by atoms with Gasteiger partial charge in [0, 0.05) is 16.5 Å². The number of nitrogens with one attached hydrogen (secondary N) is 1. The summed E-state index contributed by atoms with van der Waals surface area (Å²) < 4.78 is 13.9. The van der Waals surface area contributed by atoms with Crippen molar-refractivity contribution in [3.8, 4) is 0 Å². The highest BCUT2D eigenvalue weighted by molar-refractivity contribution is 7.19. The van der Waals surface area contributed by atoms with Crippen LogP contribution in [0.2, 0.25) is 0 Å². The molecule has 78 valence electrons. The minimum absolute atomic E-state index is 0.0568. The lowest BCUT2D eigenvalue weighted by Crippen LogP contribution is -2.17.